The normalized spacial score (nSPS) is 31.6. The summed E-state index contributed by atoms with van der Waals surface area (Å²) in [5.74, 6) is 0. The van der Waals surface area contributed by atoms with Crippen molar-refractivity contribution < 1.29 is 0 Å². The summed E-state index contributed by atoms with van der Waals surface area (Å²) in [6.45, 7) is 7.45. The van der Waals surface area contributed by atoms with Crippen molar-refractivity contribution in [2.45, 2.75) is 46.0 Å². The van der Waals surface area contributed by atoms with Crippen molar-refractivity contribution in [1.82, 2.24) is 3.11 Å². The summed E-state index contributed by atoms with van der Waals surface area (Å²) in [7, 11) is 0. The molecule has 1 aliphatic heterocycles. The molecule has 2 heteroatoms. The largest absolute Gasteiger partial charge is 0.248 e. The summed E-state index contributed by atoms with van der Waals surface area (Å²) in [6.07, 6.45) is 7.28. The third-order valence-corrected chi connectivity index (χ3v) is 5.19. The molecule has 13 heavy (non-hydrogen) atoms. The minimum absolute atomic E-state index is 0.702. The number of rotatable bonds is 1. The Morgan fingerprint density at radius 2 is 1.77 bits per heavy atom. The highest BCUT2D eigenvalue weighted by Crippen LogP contribution is 2.60. The Balaban J connectivity index is 1.90. The Bertz CT molecular complexity index is 186. The van der Waals surface area contributed by atoms with Crippen LogP contribution in [0, 0.1) is 10.8 Å². The van der Waals surface area contributed by atoms with E-state index in [9.17, 15) is 0 Å². The van der Waals surface area contributed by atoms with Crippen molar-refractivity contribution in [2.24, 2.45) is 10.8 Å². The van der Waals surface area contributed by atoms with Crippen molar-refractivity contribution in [3.63, 3.8) is 0 Å². The quantitative estimate of drug-likeness (QED) is 0.527. The molecule has 0 N–H and O–H groups in total. The number of hydrogen-bond donors (Lipinski definition) is 0. The molecule has 2 rings (SSSR count). The molecule has 0 radical (unpaired) electrons. The van der Waals surface area contributed by atoms with Crippen LogP contribution in [0.3, 0.4) is 0 Å². The average molecular weight is 293 g/mol. The maximum Gasteiger partial charge on any atom is 0.0201 e. The van der Waals surface area contributed by atoms with Crippen molar-refractivity contribution in [2.75, 3.05) is 13.1 Å². The molecule has 0 aromatic heterocycles. The van der Waals surface area contributed by atoms with E-state index in [1.807, 2.05) is 0 Å². The lowest BCUT2D eigenvalue weighted by molar-refractivity contribution is -0.0590. The third kappa shape index (κ3) is 1.89. The van der Waals surface area contributed by atoms with E-state index in [1.54, 1.807) is 0 Å². The molecule has 0 aromatic carbocycles. The summed E-state index contributed by atoms with van der Waals surface area (Å²) in [5.41, 5.74) is 1.47. The average Bonchev–Trinajstić information content (AvgIpc) is 2.07. The van der Waals surface area contributed by atoms with Gasteiger partial charge >= 0.3 is 0 Å². The van der Waals surface area contributed by atoms with Crippen LogP contribution >= 0.6 is 22.9 Å². The molecule has 76 valence electrons. The van der Waals surface area contributed by atoms with E-state index in [-0.39, 0.29) is 0 Å². The first-order valence-electron chi connectivity index (χ1n) is 5.48. The lowest BCUT2D eigenvalue weighted by atomic mass is 9.50. The Kier molecular flexibility index (Phi) is 2.65. The van der Waals surface area contributed by atoms with E-state index >= 15 is 0 Å². The van der Waals surface area contributed by atoms with Gasteiger partial charge in [0.2, 0.25) is 0 Å². The van der Waals surface area contributed by atoms with Gasteiger partial charge in [0.15, 0.2) is 0 Å². The summed E-state index contributed by atoms with van der Waals surface area (Å²) < 4.78 is 2.45. The van der Waals surface area contributed by atoms with Crippen molar-refractivity contribution in [1.29, 1.82) is 0 Å². The van der Waals surface area contributed by atoms with E-state index in [2.05, 4.69) is 39.8 Å². The van der Waals surface area contributed by atoms with Crippen molar-refractivity contribution in [3.8, 4) is 0 Å². The molecule has 1 heterocycles. The van der Waals surface area contributed by atoms with E-state index in [1.165, 1.54) is 45.2 Å². The van der Waals surface area contributed by atoms with Crippen LogP contribution in [0.25, 0.3) is 0 Å². The topological polar surface area (TPSA) is 3.24 Å². The fraction of sp³-hybridized carbons (Fsp3) is 1.00. The van der Waals surface area contributed by atoms with E-state index in [0.29, 0.717) is 5.41 Å². The molecule has 0 atom stereocenters. The maximum atomic E-state index is 2.47. The standard InChI is InChI=1S/C11H20IN/c1-3-10(2)8-11(9-10)4-6-13(12)7-5-11/h3-9H2,1-2H3. The van der Waals surface area contributed by atoms with Gasteiger partial charge in [-0.15, -0.1) is 0 Å². The monoisotopic (exact) mass is 293 g/mol. The van der Waals surface area contributed by atoms with E-state index in [0.717, 1.165) is 5.41 Å². The number of hydrogen-bond acceptors (Lipinski definition) is 1. The predicted molar refractivity (Wildman–Crippen MR) is 64.9 cm³/mol. The first-order valence-corrected chi connectivity index (χ1v) is 6.45. The lowest BCUT2D eigenvalue weighted by Crippen LogP contribution is -2.49. The predicted octanol–water partition coefficient (Wildman–Crippen LogP) is 3.63. The van der Waals surface area contributed by atoms with Crippen LogP contribution in [0.5, 0.6) is 0 Å². The van der Waals surface area contributed by atoms with E-state index in [4.69, 9.17) is 0 Å². The smallest absolute Gasteiger partial charge is 0.0201 e. The first-order chi connectivity index (χ1) is 6.08. The van der Waals surface area contributed by atoms with Gasteiger partial charge in [0, 0.05) is 36.0 Å². The Morgan fingerprint density at radius 3 is 2.23 bits per heavy atom. The SMILES string of the molecule is CCC1(C)CC2(CCN(I)CC2)C1. The molecule has 0 bridgehead atoms. The summed E-state index contributed by atoms with van der Waals surface area (Å²) >= 11 is 2.47. The molecule has 1 spiro atoms. The van der Waals surface area contributed by atoms with Crippen LogP contribution in [-0.4, -0.2) is 16.2 Å². The van der Waals surface area contributed by atoms with Crippen LogP contribution in [-0.2, 0) is 0 Å². The number of halogens is 1. The highest BCUT2D eigenvalue weighted by atomic mass is 127. The zero-order chi connectivity index (χ0) is 9.53. The number of nitrogens with zero attached hydrogens (tertiary/aromatic N) is 1. The van der Waals surface area contributed by atoms with Crippen LogP contribution < -0.4 is 0 Å². The fourth-order valence-electron chi connectivity index (χ4n) is 3.32. The Hall–Kier alpha value is 0.690. The van der Waals surface area contributed by atoms with Crippen LogP contribution in [0.2, 0.25) is 0 Å². The van der Waals surface area contributed by atoms with Gasteiger partial charge in [-0.1, -0.05) is 20.3 Å². The van der Waals surface area contributed by atoms with Gasteiger partial charge in [-0.3, -0.25) is 0 Å². The molecule has 0 amide bonds. The molecule has 0 aromatic rings. The summed E-state index contributed by atoms with van der Waals surface area (Å²) in [4.78, 5) is 0. The van der Waals surface area contributed by atoms with Crippen LogP contribution in [0.4, 0.5) is 0 Å². The Labute approximate surface area is 95.8 Å². The summed E-state index contributed by atoms with van der Waals surface area (Å²) in [5, 5.41) is 0. The van der Waals surface area contributed by atoms with Gasteiger partial charge in [-0.05, 0) is 36.5 Å². The fourth-order valence-corrected chi connectivity index (χ4v) is 3.80. The molecule has 1 nitrogen and oxygen atoms in total. The molecule has 0 unspecified atom stereocenters. The lowest BCUT2D eigenvalue weighted by Gasteiger charge is -2.57. The molecule has 1 aliphatic carbocycles. The number of piperidine rings is 1. The van der Waals surface area contributed by atoms with Gasteiger partial charge in [0.05, 0.1) is 0 Å². The molecule has 2 fully saturated rings. The first kappa shape index (κ1) is 10.2. The minimum Gasteiger partial charge on any atom is -0.248 e. The highest BCUT2D eigenvalue weighted by molar-refractivity contribution is 14.1. The minimum atomic E-state index is 0.702. The van der Waals surface area contributed by atoms with Gasteiger partial charge in [0.1, 0.15) is 0 Å². The van der Waals surface area contributed by atoms with Crippen LogP contribution in [0.15, 0.2) is 0 Å². The third-order valence-electron chi connectivity index (χ3n) is 4.23. The molecule has 1 saturated carbocycles. The maximum absolute atomic E-state index is 2.47. The van der Waals surface area contributed by atoms with Crippen molar-refractivity contribution >= 4 is 22.9 Å². The molecular weight excluding hydrogens is 273 g/mol. The molecule has 2 aliphatic rings. The zero-order valence-corrected chi connectivity index (χ0v) is 10.9. The van der Waals surface area contributed by atoms with Gasteiger partial charge in [-0.2, -0.15) is 0 Å². The second-order valence-electron chi connectivity index (χ2n) is 5.43. The van der Waals surface area contributed by atoms with Crippen LogP contribution in [0.1, 0.15) is 46.0 Å². The van der Waals surface area contributed by atoms with Gasteiger partial charge < -0.3 is 0 Å². The van der Waals surface area contributed by atoms with E-state index < -0.39 is 0 Å². The zero-order valence-electron chi connectivity index (χ0n) is 8.77. The van der Waals surface area contributed by atoms with Gasteiger partial charge in [-0.25, -0.2) is 3.11 Å². The second kappa shape index (κ2) is 3.37. The highest BCUT2D eigenvalue weighted by Gasteiger charge is 2.51. The Morgan fingerprint density at radius 1 is 1.23 bits per heavy atom. The van der Waals surface area contributed by atoms with Crippen molar-refractivity contribution in [3.05, 3.63) is 0 Å². The molecule has 1 saturated heterocycles. The second-order valence-corrected chi connectivity index (χ2v) is 6.79. The molecular formula is C11H20IN. The van der Waals surface area contributed by atoms with Gasteiger partial charge in [0.25, 0.3) is 0 Å². The summed E-state index contributed by atoms with van der Waals surface area (Å²) in [6, 6.07) is 0.